The van der Waals surface area contributed by atoms with E-state index in [9.17, 15) is 4.79 Å². The molecule has 2 atom stereocenters. The molecular formula is C27H34FN3O2S. The summed E-state index contributed by atoms with van der Waals surface area (Å²) >= 11 is 4.49. The number of amides is 1. The Morgan fingerprint density at radius 1 is 1.15 bits per heavy atom. The normalized spacial score (nSPS) is 12.9. The van der Waals surface area contributed by atoms with Crippen LogP contribution in [0.5, 0.6) is 6.01 Å². The smallest absolute Gasteiger partial charge is 0.297 e. The summed E-state index contributed by atoms with van der Waals surface area (Å²) in [6, 6.07) is 15.3. The van der Waals surface area contributed by atoms with Crippen molar-refractivity contribution in [3.63, 3.8) is 0 Å². The van der Waals surface area contributed by atoms with Gasteiger partial charge in [-0.1, -0.05) is 75.7 Å². The standard InChI is InChI=1S/C27H34FN3O2S/c1-5-18(4)25(34)26(32)29-16-23-22(6-2)30-27(33-7-3)31(23)17-20-14-11-15-21(24(20)28)19-12-9-8-10-13-19/h8-15,18,25,34H,5-7,16-17H2,1-4H3,(H,29,32)/t18-,25-/m0/s1. The third kappa shape index (κ3) is 5.81. The van der Waals surface area contributed by atoms with Gasteiger partial charge >= 0.3 is 0 Å². The lowest BCUT2D eigenvalue weighted by molar-refractivity contribution is -0.121. The predicted octanol–water partition coefficient (Wildman–Crippen LogP) is 5.66. The van der Waals surface area contributed by atoms with Crippen LogP contribution < -0.4 is 10.1 Å². The summed E-state index contributed by atoms with van der Waals surface area (Å²) in [6.45, 7) is 8.90. The molecule has 182 valence electrons. The fourth-order valence-electron chi connectivity index (χ4n) is 3.86. The molecule has 1 amide bonds. The van der Waals surface area contributed by atoms with Gasteiger partial charge in [0.15, 0.2) is 0 Å². The summed E-state index contributed by atoms with van der Waals surface area (Å²) in [7, 11) is 0. The highest BCUT2D eigenvalue weighted by Crippen LogP contribution is 2.28. The lowest BCUT2D eigenvalue weighted by Gasteiger charge is -2.18. The van der Waals surface area contributed by atoms with Gasteiger partial charge in [-0.05, 0) is 24.8 Å². The largest absolute Gasteiger partial charge is 0.465 e. The number of ether oxygens (including phenoxy) is 1. The van der Waals surface area contributed by atoms with Crippen LogP contribution in [0.1, 0.15) is 51.1 Å². The first kappa shape index (κ1) is 25.8. The summed E-state index contributed by atoms with van der Waals surface area (Å²) in [6.07, 6.45) is 1.53. The number of aromatic nitrogens is 2. The van der Waals surface area contributed by atoms with Crippen molar-refractivity contribution in [1.29, 1.82) is 0 Å². The molecule has 1 aromatic heterocycles. The monoisotopic (exact) mass is 483 g/mol. The van der Waals surface area contributed by atoms with Crippen LogP contribution in [0.25, 0.3) is 11.1 Å². The van der Waals surface area contributed by atoms with Gasteiger partial charge in [-0.25, -0.2) is 4.39 Å². The SMILES string of the molecule is CCOc1nc(CC)c(CNC(=O)[C@@H](S)[C@@H](C)CC)n1Cc1cccc(-c2ccccc2)c1F. The van der Waals surface area contributed by atoms with E-state index < -0.39 is 5.25 Å². The summed E-state index contributed by atoms with van der Waals surface area (Å²) in [5.41, 5.74) is 3.54. The zero-order chi connectivity index (χ0) is 24.7. The van der Waals surface area contributed by atoms with E-state index in [0.29, 0.717) is 30.2 Å². The highest BCUT2D eigenvalue weighted by atomic mass is 32.1. The Hall–Kier alpha value is -2.80. The van der Waals surface area contributed by atoms with E-state index in [4.69, 9.17) is 4.74 Å². The quantitative estimate of drug-likeness (QED) is 0.346. The summed E-state index contributed by atoms with van der Waals surface area (Å²) in [5, 5.41) is 2.61. The molecule has 1 N–H and O–H groups in total. The molecule has 3 aromatic rings. The van der Waals surface area contributed by atoms with Crippen molar-refractivity contribution in [2.75, 3.05) is 6.61 Å². The maximum Gasteiger partial charge on any atom is 0.297 e. The van der Waals surface area contributed by atoms with Gasteiger partial charge in [-0.15, -0.1) is 0 Å². The molecule has 0 saturated carbocycles. The minimum Gasteiger partial charge on any atom is -0.465 e. The van der Waals surface area contributed by atoms with Gasteiger partial charge in [0.05, 0.1) is 36.3 Å². The zero-order valence-corrected chi connectivity index (χ0v) is 21.2. The third-order valence-electron chi connectivity index (χ3n) is 6.10. The Morgan fingerprint density at radius 3 is 2.53 bits per heavy atom. The van der Waals surface area contributed by atoms with E-state index in [-0.39, 0.29) is 30.7 Å². The second-order valence-electron chi connectivity index (χ2n) is 8.35. The number of carbonyl (C=O) groups excluding carboxylic acids is 1. The van der Waals surface area contributed by atoms with Gasteiger partial charge in [-0.3, -0.25) is 9.36 Å². The molecule has 0 spiro atoms. The number of carbonyl (C=O) groups is 1. The fourth-order valence-corrected chi connectivity index (χ4v) is 4.17. The topological polar surface area (TPSA) is 56.1 Å². The van der Waals surface area contributed by atoms with Crippen LogP contribution in [0.15, 0.2) is 48.5 Å². The summed E-state index contributed by atoms with van der Waals surface area (Å²) < 4.78 is 23.2. The van der Waals surface area contributed by atoms with E-state index in [1.54, 1.807) is 12.1 Å². The van der Waals surface area contributed by atoms with Crippen molar-refractivity contribution in [1.82, 2.24) is 14.9 Å². The summed E-state index contributed by atoms with van der Waals surface area (Å²) in [5.74, 6) is -0.236. The van der Waals surface area contributed by atoms with Gasteiger partial charge in [0, 0.05) is 11.1 Å². The molecule has 2 aromatic carbocycles. The fraction of sp³-hybridized carbons (Fsp3) is 0.407. The number of nitrogens with zero attached hydrogens (tertiary/aromatic N) is 2. The Kier molecular flexibility index (Phi) is 9.16. The van der Waals surface area contributed by atoms with Crippen LogP contribution in [0.4, 0.5) is 4.39 Å². The van der Waals surface area contributed by atoms with Crippen molar-refractivity contribution in [2.24, 2.45) is 5.92 Å². The first-order chi connectivity index (χ1) is 16.4. The van der Waals surface area contributed by atoms with Crippen molar-refractivity contribution in [3.8, 4) is 17.1 Å². The van der Waals surface area contributed by atoms with Gasteiger partial charge < -0.3 is 10.1 Å². The molecule has 1 heterocycles. The van der Waals surface area contributed by atoms with Gasteiger partial charge in [0.25, 0.3) is 6.01 Å². The number of benzene rings is 2. The first-order valence-electron chi connectivity index (χ1n) is 11.9. The minimum atomic E-state index is -0.391. The van der Waals surface area contributed by atoms with Crippen molar-refractivity contribution < 1.29 is 13.9 Å². The maximum atomic E-state index is 15.6. The molecule has 0 unspecified atom stereocenters. The number of imidazole rings is 1. The van der Waals surface area contributed by atoms with Crippen LogP contribution in [0, 0.1) is 11.7 Å². The minimum absolute atomic E-state index is 0.122. The Balaban J connectivity index is 1.95. The number of thiol groups is 1. The highest BCUT2D eigenvalue weighted by molar-refractivity contribution is 7.81. The molecule has 3 rings (SSSR count). The summed E-state index contributed by atoms with van der Waals surface area (Å²) in [4.78, 5) is 17.3. The number of nitrogens with one attached hydrogen (secondary N) is 1. The molecule has 0 aliphatic rings. The van der Waals surface area contributed by atoms with Crippen LogP contribution in [0.2, 0.25) is 0 Å². The number of aryl methyl sites for hydroxylation is 1. The van der Waals surface area contributed by atoms with Crippen molar-refractivity contribution in [3.05, 3.63) is 71.3 Å². The molecule has 0 saturated heterocycles. The van der Waals surface area contributed by atoms with E-state index in [1.807, 2.05) is 68.7 Å². The van der Waals surface area contributed by atoms with Gasteiger partial charge in [0.1, 0.15) is 5.82 Å². The van der Waals surface area contributed by atoms with Gasteiger partial charge in [0.2, 0.25) is 5.91 Å². The van der Waals surface area contributed by atoms with E-state index in [1.165, 1.54) is 0 Å². The lowest BCUT2D eigenvalue weighted by atomic mass is 10.0. The van der Waals surface area contributed by atoms with Crippen LogP contribution >= 0.6 is 12.6 Å². The highest BCUT2D eigenvalue weighted by Gasteiger charge is 2.23. The van der Waals surface area contributed by atoms with Crippen LogP contribution in [-0.2, 0) is 24.3 Å². The Morgan fingerprint density at radius 2 is 1.88 bits per heavy atom. The average molecular weight is 484 g/mol. The van der Waals surface area contributed by atoms with E-state index >= 15 is 4.39 Å². The molecular weight excluding hydrogens is 449 g/mol. The molecule has 0 aliphatic heterocycles. The average Bonchev–Trinajstić information content (AvgIpc) is 3.19. The van der Waals surface area contributed by atoms with E-state index in [0.717, 1.165) is 23.4 Å². The molecule has 0 radical (unpaired) electrons. The number of hydrogen-bond acceptors (Lipinski definition) is 4. The molecule has 0 fully saturated rings. The Bertz CT molecular complexity index is 1100. The first-order valence-corrected chi connectivity index (χ1v) is 12.4. The number of hydrogen-bond donors (Lipinski definition) is 2. The molecule has 0 bridgehead atoms. The number of rotatable bonds is 11. The zero-order valence-electron chi connectivity index (χ0n) is 20.3. The molecule has 7 heteroatoms. The van der Waals surface area contributed by atoms with Crippen LogP contribution in [0.3, 0.4) is 0 Å². The molecule has 34 heavy (non-hydrogen) atoms. The number of halogens is 1. The van der Waals surface area contributed by atoms with E-state index in [2.05, 4.69) is 22.9 Å². The molecule has 0 aliphatic carbocycles. The van der Waals surface area contributed by atoms with Crippen molar-refractivity contribution >= 4 is 18.5 Å². The second kappa shape index (κ2) is 12.1. The third-order valence-corrected chi connectivity index (χ3v) is 6.85. The molecule has 5 nitrogen and oxygen atoms in total. The maximum absolute atomic E-state index is 15.6. The van der Waals surface area contributed by atoms with Gasteiger partial charge in [-0.2, -0.15) is 17.6 Å². The predicted molar refractivity (Wildman–Crippen MR) is 138 cm³/mol. The lowest BCUT2D eigenvalue weighted by Crippen LogP contribution is -2.35. The van der Waals surface area contributed by atoms with Crippen molar-refractivity contribution in [2.45, 2.75) is 58.9 Å². The second-order valence-corrected chi connectivity index (χ2v) is 8.91. The Labute approximate surface area is 207 Å². The van der Waals surface area contributed by atoms with Crippen LogP contribution in [-0.4, -0.2) is 27.3 Å².